The molecular weight excluding hydrogens is 366 g/mol. The Bertz CT molecular complexity index is 1040. The van der Waals surface area contributed by atoms with Gasteiger partial charge < -0.3 is 4.57 Å². The molecule has 0 saturated heterocycles. The zero-order chi connectivity index (χ0) is 17.6. The lowest BCUT2D eigenvalue weighted by molar-refractivity contribution is 0.598. The SMILES string of the molecule is Cn1cnc(S(=O)(=O)Nc2cccc(-c3nnnn3C3CC3)c2)c1Cl. The zero-order valence-corrected chi connectivity index (χ0v) is 14.7. The first-order valence-electron chi connectivity index (χ1n) is 7.53. The van der Waals surface area contributed by atoms with Gasteiger partial charge in [0.05, 0.1) is 12.4 Å². The first-order chi connectivity index (χ1) is 12.0. The van der Waals surface area contributed by atoms with E-state index < -0.39 is 10.0 Å². The summed E-state index contributed by atoms with van der Waals surface area (Å²) in [5.41, 5.74) is 1.11. The maximum absolute atomic E-state index is 12.5. The molecule has 25 heavy (non-hydrogen) atoms. The molecule has 0 spiro atoms. The third-order valence-electron chi connectivity index (χ3n) is 3.85. The Balaban J connectivity index is 1.66. The summed E-state index contributed by atoms with van der Waals surface area (Å²) in [6.07, 6.45) is 3.43. The summed E-state index contributed by atoms with van der Waals surface area (Å²) in [6.45, 7) is 0. The molecule has 1 aromatic carbocycles. The minimum Gasteiger partial charge on any atom is -0.324 e. The van der Waals surface area contributed by atoms with E-state index >= 15 is 0 Å². The van der Waals surface area contributed by atoms with Gasteiger partial charge in [-0.05, 0) is 35.4 Å². The Morgan fingerprint density at radius 2 is 2.12 bits per heavy atom. The maximum atomic E-state index is 12.5. The van der Waals surface area contributed by atoms with E-state index in [0.717, 1.165) is 18.4 Å². The van der Waals surface area contributed by atoms with Gasteiger partial charge in [0.25, 0.3) is 10.0 Å². The molecular formula is C14H14ClN7O2S. The van der Waals surface area contributed by atoms with Crippen molar-refractivity contribution in [1.29, 1.82) is 0 Å². The summed E-state index contributed by atoms with van der Waals surface area (Å²) in [5, 5.41) is 11.6. The largest absolute Gasteiger partial charge is 0.324 e. The Morgan fingerprint density at radius 1 is 1.32 bits per heavy atom. The Morgan fingerprint density at radius 3 is 2.80 bits per heavy atom. The molecule has 130 valence electrons. The molecule has 0 atom stereocenters. The molecule has 4 rings (SSSR count). The van der Waals surface area contributed by atoms with E-state index in [1.165, 1.54) is 10.9 Å². The van der Waals surface area contributed by atoms with Crippen LogP contribution in [0.5, 0.6) is 0 Å². The average molecular weight is 380 g/mol. The standard InChI is InChI=1S/C14H14ClN7O2S/c1-21-8-16-14(12(21)15)25(23,24)18-10-4-2-3-9(7-10)13-17-19-20-22(13)11-5-6-11/h2-4,7-8,11,18H,5-6H2,1H3. The number of aryl methyl sites for hydroxylation is 1. The van der Waals surface area contributed by atoms with Crippen molar-refractivity contribution in [3.8, 4) is 11.4 Å². The summed E-state index contributed by atoms with van der Waals surface area (Å²) < 4.78 is 30.7. The van der Waals surface area contributed by atoms with Gasteiger partial charge in [-0.2, -0.15) is 8.42 Å². The minimum atomic E-state index is -3.90. The van der Waals surface area contributed by atoms with Crippen LogP contribution in [0.2, 0.25) is 5.15 Å². The second-order valence-electron chi connectivity index (χ2n) is 5.82. The van der Waals surface area contributed by atoms with Crippen LogP contribution in [0.15, 0.2) is 35.6 Å². The number of nitrogens with zero attached hydrogens (tertiary/aromatic N) is 6. The van der Waals surface area contributed by atoms with Gasteiger partial charge in [-0.25, -0.2) is 9.67 Å². The molecule has 1 fully saturated rings. The van der Waals surface area contributed by atoms with E-state index in [1.807, 2.05) is 6.07 Å². The zero-order valence-electron chi connectivity index (χ0n) is 13.2. The Hall–Kier alpha value is -2.46. The highest BCUT2D eigenvalue weighted by atomic mass is 35.5. The lowest BCUT2D eigenvalue weighted by Gasteiger charge is -2.08. The van der Waals surface area contributed by atoms with Crippen LogP contribution in [-0.2, 0) is 17.1 Å². The van der Waals surface area contributed by atoms with Crippen molar-refractivity contribution in [2.24, 2.45) is 7.05 Å². The van der Waals surface area contributed by atoms with Crippen LogP contribution in [0.1, 0.15) is 18.9 Å². The molecule has 1 N–H and O–H groups in total. The quantitative estimate of drug-likeness (QED) is 0.725. The number of hydrogen-bond donors (Lipinski definition) is 1. The highest BCUT2D eigenvalue weighted by Gasteiger charge is 2.28. The van der Waals surface area contributed by atoms with Crippen LogP contribution in [0.25, 0.3) is 11.4 Å². The highest BCUT2D eigenvalue weighted by Crippen LogP contribution is 2.37. The normalized spacial score (nSPS) is 14.6. The van der Waals surface area contributed by atoms with E-state index in [4.69, 9.17) is 11.6 Å². The van der Waals surface area contributed by atoms with Crippen molar-refractivity contribution >= 4 is 27.3 Å². The molecule has 1 aliphatic carbocycles. The van der Waals surface area contributed by atoms with Crippen LogP contribution >= 0.6 is 11.6 Å². The maximum Gasteiger partial charge on any atom is 0.282 e. The molecule has 2 aromatic heterocycles. The molecule has 0 radical (unpaired) electrons. The van der Waals surface area contributed by atoms with E-state index in [2.05, 4.69) is 25.2 Å². The number of halogens is 1. The van der Waals surface area contributed by atoms with Gasteiger partial charge in [0.1, 0.15) is 5.15 Å². The predicted octanol–water partition coefficient (Wildman–Crippen LogP) is 1.86. The number of imidazole rings is 1. The van der Waals surface area contributed by atoms with Crippen molar-refractivity contribution < 1.29 is 8.42 Å². The van der Waals surface area contributed by atoms with Gasteiger partial charge in [-0.3, -0.25) is 4.72 Å². The number of aromatic nitrogens is 6. The second kappa shape index (κ2) is 5.81. The van der Waals surface area contributed by atoms with E-state index in [1.54, 1.807) is 29.9 Å². The smallest absolute Gasteiger partial charge is 0.282 e. The number of rotatable bonds is 5. The molecule has 0 bridgehead atoms. The molecule has 0 aliphatic heterocycles. The monoisotopic (exact) mass is 379 g/mol. The van der Waals surface area contributed by atoms with Gasteiger partial charge in [0.15, 0.2) is 5.82 Å². The topological polar surface area (TPSA) is 108 Å². The number of sulfonamides is 1. The summed E-state index contributed by atoms with van der Waals surface area (Å²) in [5.74, 6) is 0.611. The molecule has 9 nitrogen and oxygen atoms in total. The van der Waals surface area contributed by atoms with Gasteiger partial charge in [-0.1, -0.05) is 23.7 Å². The molecule has 2 heterocycles. The first kappa shape index (κ1) is 16.0. The van der Waals surface area contributed by atoms with Crippen LogP contribution in [0.4, 0.5) is 5.69 Å². The van der Waals surface area contributed by atoms with E-state index in [-0.39, 0.29) is 10.2 Å². The fourth-order valence-electron chi connectivity index (χ4n) is 2.45. The molecule has 1 aliphatic rings. The van der Waals surface area contributed by atoms with Crippen molar-refractivity contribution in [2.75, 3.05) is 4.72 Å². The molecule has 0 amide bonds. The summed E-state index contributed by atoms with van der Waals surface area (Å²) in [7, 11) is -2.28. The fraction of sp³-hybridized carbons (Fsp3) is 0.286. The molecule has 0 unspecified atom stereocenters. The fourth-order valence-corrected chi connectivity index (χ4v) is 3.93. The summed E-state index contributed by atoms with van der Waals surface area (Å²) >= 11 is 5.99. The number of anilines is 1. The Labute approximate surface area is 148 Å². The van der Waals surface area contributed by atoms with Crippen molar-refractivity contribution in [2.45, 2.75) is 23.9 Å². The van der Waals surface area contributed by atoms with Crippen LogP contribution in [0, 0.1) is 0 Å². The van der Waals surface area contributed by atoms with Crippen molar-refractivity contribution in [3.05, 3.63) is 35.7 Å². The van der Waals surface area contributed by atoms with Crippen LogP contribution in [-0.4, -0.2) is 38.2 Å². The molecule has 11 heteroatoms. The summed E-state index contributed by atoms with van der Waals surface area (Å²) in [4.78, 5) is 3.85. The van der Waals surface area contributed by atoms with E-state index in [9.17, 15) is 8.42 Å². The van der Waals surface area contributed by atoms with Crippen LogP contribution in [0.3, 0.4) is 0 Å². The average Bonchev–Trinajstić information content (AvgIpc) is 3.20. The third kappa shape index (κ3) is 2.98. The molecule has 3 aromatic rings. The predicted molar refractivity (Wildman–Crippen MR) is 90.6 cm³/mol. The Kier molecular flexibility index (Phi) is 3.73. The van der Waals surface area contributed by atoms with Gasteiger partial charge in [-0.15, -0.1) is 5.10 Å². The van der Waals surface area contributed by atoms with Gasteiger partial charge >= 0.3 is 0 Å². The van der Waals surface area contributed by atoms with E-state index in [0.29, 0.717) is 17.6 Å². The number of hydrogen-bond acceptors (Lipinski definition) is 6. The lowest BCUT2D eigenvalue weighted by Crippen LogP contribution is -2.14. The number of nitrogens with one attached hydrogen (secondary N) is 1. The lowest BCUT2D eigenvalue weighted by atomic mass is 10.2. The van der Waals surface area contributed by atoms with Gasteiger partial charge in [0, 0.05) is 18.3 Å². The first-order valence-corrected chi connectivity index (χ1v) is 9.40. The highest BCUT2D eigenvalue weighted by molar-refractivity contribution is 7.92. The summed E-state index contributed by atoms with van der Waals surface area (Å²) in [6, 6.07) is 7.20. The second-order valence-corrected chi connectivity index (χ2v) is 7.77. The third-order valence-corrected chi connectivity index (χ3v) is 5.72. The number of tetrazole rings is 1. The minimum absolute atomic E-state index is 0.0429. The van der Waals surface area contributed by atoms with Gasteiger partial charge in [0.2, 0.25) is 5.03 Å². The van der Waals surface area contributed by atoms with Crippen LogP contribution < -0.4 is 4.72 Å². The molecule has 1 saturated carbocycles. The van der Waals surface area contributed by atoms with Crippen molar-refractivity contribution in [3.63, 3.8) is 0 Å². The number of benzene rings is 1. The van der Waals surface area contributed by atoms with Crippen molar-refractivity contribution in [1.82, 2.24) is 29.8 Å².